The molecular weight excluding hydrogens is 186 g/mol. The molecule has 0 radical (unpaired) electrons. The van der Waals surface area contributed by atoms with Crippen LogP contribution < -0.4 is 0 Å². The predicted molar refractivity (Wildman–Crippen MR) is 62.9 cm³/mol. The first kappa shape index (κ1) is 11.4. The molecule has 2 heteroatoms. The predicted octanol–water partition coefficient (Wildman–Crippen LogP) is 2.55. The van der Waals surface area contributed by atoms with E-state index in [1.54, 1.807) is 0 Å². The van der Waals surface area contributed by atoms with Gasteiger partial charge in [0.1, 0.15) is 0 Å². The van der Waals surface area contributed by atoms with Crippen LogP contribution in [0.1, 0.15) is 57.8 Å². The molecule has 0 aromatic rings. The van der Waals surface area contributed by atoms with E-state index in [0.29, 0.717) is 6.04 Å². The topological polar surface area (TPSA) is 23.5 Å². The van der Waals surface area contributed by atoms with Gasteiger partial charge in [0.2, 0.25) is 0 Å². The Morgan fingerprint density at radius 3 is 2.20 bits per heavy atom. The number of aliphatic hydroxyl groups is 1. The third kappa shape index (κ3) is 2.94. The maximum Gasteiger partial charge on any atom is 0.0555 e. The Kier molecular flexibility index (Phi) is 4.04. The molecule has 2 rings (SSSR count). The van der Waals surface area contributed by atoms with E-state index >= 15 is 0 Å². The van der Waals surface area contributed by atoms with Gasteiger partial charge < -0.3 is 10.0 Å². The first-order chi connectivity index (χ1) is 7.27. The summed E-state index contributed by atoms with van der Waals surface area (Å²) in [4.78, 5) is 2.57. The van der Waals surface area contributed by atoms with Crippen molar-refractivity contribution in [3.63, 3.8) is 0 Å². The summed E-state index contributed by atoms with van der Waals surface area (Å²) in [7, 11) is 2.28. The zero-order valence-corrected chi connectivity index (χ0v) is 9.99. The van der Waals surface area contributed by atoms with Crippen LogP contribution in [0.15, 0.2) is 0 Å². The molecule has 2 unspecified atom stereocenters. The lowest BCUT2D eigenvalue weighted by Crippen LogP contribution is -2.44. The lowest BCUT2D eigenvalue weighted by molar-refractivity contribution is 0.0458. The van der Waals surface area contributed by atoms with Crippen LogP contribution in [-0.4, -0.2) is 35.2 Å². The fourth-order valence-corrected chi connectivity index (χ4v) is 3.30. The maximum atomic E-state index is 9.70. The summed E-state index contributed by atoms with van der Waals surface area (Å²) < 4.78 is 0. The molecule has 0 aliphatic heterocycles. The molecule has 2 saturated carbocycles. The molecule has 2 aliphatic carbocycles. The zero-order valence-electron chi connectivity index (χ0n) is 9.99. The minimum Gasteiger partial charge on any atom is -0.393 e. The first-order valence-electron chi connectivity index (χ1n) is 6.67. The van der Waals surface area contributed by atoms with Crippen molar-refractivity contribution in [1.29, 1.82) is 0 Å². The molecule has 88 valence electrons. The van der Waals surface area contributed by atoms with Crippen LogP contribution in [0.2, 0.25) is 0 Å². The minimum absolute atomic E-state index is 0.0326. The first-order valence-corrected chi connectivity index (χ1v) is 6.67. The van der Waals surface area contributed by atoms with E-state index in [9.17, 15) is 5.11 Å². The summed E-state index contributed by atoms with van der Waals surface area (Å²) in [5, 5.41) is 9.70. The summed E-state index contributed by atoms with van der Waals surface area (Å²) in [5.74, 6) is 0. The van der Waals surface area contributed by atoms with Crippen molar-refractivity contribution in [2.75, 3.05) is 7.05 Å². The van der Waals surface area contributed by atoms with Gasteiger partial charge in [-0.25, -0.2) is 0 Å². The van der Waals surface area contributed by atoms with Crippen molar-refractivity contribution in [3.05, 3.63) is 0 Å². The van der Waals surface area contributed by atoms with Gasteiger partial charge in [-0.15, -0.1) is 0 Å². The number of hydrogen-bond donors (Lipinski definition) is 1. The van der Waals surface area contributed by atoms with Crippen LogP contribution in [-0.2, 0) is 0 Å². The van der Waals surface area contributed by atoms with Gasteiger partial charge in [-0.1, -0.05) is 19.3 Å². The third-order valence-electron chi connectivity index (χ3n) is 4.35. The highest BCUT2D eigenvalue weighted by molar-refractivity contribution is 4.83. The van der Waals surface area contributed by atoms with Crippen molar-refractivity contribution in [2.24, 2.45) is 0 Å². The summed E-state index contributed by atoms with van der Waals surface area (Å²) in [6.07, 6.45) is 11.5. The van der Waals surface area contributed by atoms with Gasteiger partial charge in [0, 0.05) is 12.1 Å². The van der Waals surface area contributed by atoms with E-state index in [0.717, 1.165) is 18.9 Å². The second kappa shape index (κ2) is 5.31. The van der Waals surface area contributed by atoms with E-state index < -0.39 is 0 Å². The van der Waals surface area contributed by atoms with E-state index in [-0.39, 0.29) is 6.10 Å². The van der Waals surface area contributed by atoms with E-state index in [1.165, 1.54) is 44.9 Å². The van der Waals surface area contributed by atoms with Crippen molar-refractivity contribution < 1.29 is 5.11 Å². The van der Waals surface area contributed by atoms with Crippen LogP contribution in [0.3, 0.4) is 0 Å². The summed E-state index contributed by atoms with van der Waals surface area (Å²) in [6.45, 7) is 0. The SMILES string of the molecule is CN(C1CCCCC1)C1CCCC(O)C1. The van der Waals surface area contributed by atoms with Gasteiger partial charge in [0.15, 0.2) is 0 Å². The second-order valence-corrected chi connectivity index (χ2v) is 5.43. The van der Waals surface area contributed by atoms with Crippen molar-refractivity contribution in [1.82, 2.24) is 4.90 Å². The normalized spacial score (nSPS) is 34.6. The van der Waals surface area contributed by atoms with Gasteiger partial charge in [-0.3, -0.25) is 0 Å². The third-order valence-corrected chi connectivity index (χ3v) is 4.35. The minimum atomic E-state index is -0.0326. The Bertz CT molecular complexity index is 189. The van der Waals surface area contributed by atoms with Crippen molar-refractivity contribution in [2.45, 2.75) is 76.0 Å². The Balaban J connectivity index is 1.85. The highest BCUT2D eigenvalue weighted by Gasteiger charge is 2.28. The molecule has 0 saturated heterocycles. The van der Waals surface area contributed by atoms with Gasteiger partial charge >= 0.3 is 0 Å². The van der Waals surface area contributed by atoms with Gasteiger partial charge in [0.25, 0.3) is 0 Å². The van der Waals surface area contributed by atoms with Crippen LogP contribution in [0.4, 0.5) is 0 Å². The smallest absolute Gasteiger partial charge is 0.0555 e. The molecule has 0 bridgehead atoms. The summed E-state index contributed by atoms with van der Waals surface area (Å²) in [5.41, 5.74) is 0. The molecule has 2 fully saturated rings. The Morgan fingerprint density at radius 2 is 1.53 bits per heavy atom. The number of hydrogen-bond acceptors (Lipinski definition) is 2. The molecular formula is C13H25NO. The van der Waals surface area contributed by atoms with Gasteiger partial charge in [-0.2, -0.15) is 0 Å². The molecule has 2 aliphatic rings. The van der Waals surface area contributed by atoms with Crippen LogP contribution in [0, 0.1) is 0 Å². The lowest BCUT2D eigenvalue weighted by atomic mass is 9.88. The highest BCUT2D eigenvalue weighted by atomic mass is 16.3. The van der Waals surface area contributed by atoms with Crippen LogP contribution >= 0.6 is 0 Å². The zero-order chi connectivity index (χ0) is 10.7. The fourth-order valence-electron chi connectivity index (χ4n) is 3.30. The molecule has 2 nitrogen and oxygen atoms in total. The molecule has 1 N–H and O–H groups in total. The average molecular weight is 211 g/mol. The molecule has 0 aromatic carbocycles. The Labute approximate surface area is 93.7 Å². The Hall–Kier alpha value is -0.0800. The lowest BCUT2D eigenvalue weighted by Gasteiger charge is -2.40. The quantitative estimate of drug-likeness (QED) is 0.759. The Morgan fingerprint density at radius 1 is 0.867 bits per heavy atom. The van der Waals surface area contributed by atoms with Crippen LogP contribution in [0.25, 0.3) is 0 Å². The second-order valence-electron chi connectivity index (χ2n) is 5.43. The molecule has 0 aromatic heterocycles. The molecule has 15 heavy (non-hydrogen) atoms. The number of nitrogens with zero attached hydrogens (tertiary/aromatic N) is 1. The van der Waals surface area contributed by atoms with E-state index in [1.807, 2.05) is 0 Å². The van der Waals surface area contributed by atoms with Gasteiger partial charge in [0.05, 0.1) is 6.10 Å². The standard InChI is InChI=1S/C13H25NO/c1-14(11-6-3-2-4-7-11)12-8-5-9-13(15)10-12/h11-13,15H,2-10H2,1H3. The summed E-state index contributed by atoms with van der Waals surface area (Å²) in [6, 6.07) is 1.45. The van der Waals surface area contributed by atoms with Crippen LogP contribution in [0.5, 0.6) is 0 Å². The van der Waals surface area contributed by atoms with E-state index in [4.69, 9.17) is 0 Å². The molecule has 2 atom stereocenters. The summed E-state index contributed by atoms with van der Waals surface area (Å²) >= 11 is 0. The molecule has 0 spiro atoms. The largest absolute Gasteiger partial charge is 0.393 e. The fraction of sp³-hybridized carbons (Fsp3) is 1.00. The maximum absolute atomic E-state index is 9.70. The average Bonchev–Trinajstić information content (AvgIpc) is 2.29. The van der Waals surface area contributed by atoms with Crippen molar-refractivity contribution in [3.8, 4) is 0 Å². The van der Waals surface area contributed by atoms with Crippen molar-refractivity contribution >= 4 is 0 Å². The number of aliphatic hydroxyl groups excluding tert-OH is 1. The highest BCUT2D eigenvalue weighted by Crippen LogP contribution is 2.28. The van der Waals surface area contributed by atoms with Gasteiger partial charge in [-0.05, 0) is 45.6 Å². The molecule has 0 amide bonds. The monoisotopic (exact) mass is 211 g/mol. The molecule has 0 heterocycles. The number of rotatable bonds is 2. The van der Waals surface area contributed by atoms with E-state index in [2.05, 4.69) is 11.9 Å².